The van der Waals surface area contributed by atoms with Crippen LogP contribution in [-0.4, -0.2) is 47.4 Å². The fourth-order valence-corrected chi connectivity index (χ4v) is 13.2. The van der Waals surface area contributed by atoms with E-state index >= 15 is 0 Å². The monoisotopic (exact) mass is 1290 g/mol. The van der Waals surface area contributed by atoms with Gasteiger partial charge in [0.15, 0.2) is 0 Å². The summed E-state index contributed by atoms with van der Waals surface area (Å²) in [6, 6.07) is -0.541. The third kappa shape index (κ3) is 76.8. The van der Waals surface area contributed by atoms with Crippen LogP contribution >= 0.6 is 0 Å². The Hall–Kier alpha value is -2.18. The lowest BCUT2D eigenvalue weighted by atomic mass is 10.0. The number of aliphatic hydroxyl groups excluding tert-OH is 2. The summed E-state index contributed by atoms with van der Waals surface area (Å²) in [5.41, 5.74) is 0. The first-order valence-electron chi connectivity index (χ1n) is 41.9. The highest BCUT2D eigenvalue weighted by Gasteiger charge is 2.20. The molecule has 0 aliphatic heterocycles. The Morgan fingerprint density at radius 2 is 0.543 bits per heavy atom. The number of nitrogens with one attached hydrogen (secondary N) is 1. The van der Waals surface area contributed by atoms with Crippen LogP contribution in [0.25, 0.3) is 0 Å². The minimum Gasteiger partial charge on any atom is -0.466 e. The lowest BCUT2D eigenvalue weighted by molar-refractivity contribution is -0.143. The van der Waals surface area contributed by atoms with Crippen molar-refractivity contribution in [3.63, 3.8) is 0 Å². The molecule has 0 rings (SSSR count). The van der Waals surface area contributed by atoms with Gasteiger partial charge in [-0.05, 0) is 89.9 Å². The van der Waals surface area contributed by atoms with Crippen LogP contribution in [0.3, 0.4) is 0 Å². The van der Waals surface area contributed by atoms with E-state index in [0.29, 0.717) is 25.9 Å². The normalized spacial score (nSPS) is 12.7. The molecule has 0 bridgehead atoms. The van der Waals surface area contributed by atoms with Gasteiger partial charge in [-0.3, -0.25) is 9.59 Å². The Balaban J connectivity index is 3.37. The zero-order valence-electron chi connectivity index (χ0n) is 62.3. The summed E-state index contributed by atoms with van der Waals surface area (Å²) in [6.07, 6.45) is 108. The molecular formula is C86H163NO5. The van der Waals surface area contributed by atoms with Gasteiger partial charge in [0.25, 0.3) is 0 Å². The quantitative estimate of drug-likeness (QED) is 0.0320. The average molecular weight is 1290 g/mol. The molecular weight excluding hydrogens is 1130 g/mol. The van der Waals surface area contributed by atoms with Gasteiger partial charge in [-0.1, -0.05) is 409 Å². The van der Waals surface area contributed by atoms with Crippen molar-refractivity contribution in [3.8, 4) is 0 Å². The Morgan fingerprint density at radius 1 is 0.304 bits per heavy atom. The van der Waals surface area contributed by atoms with Gasteiger partial charge in [0, 0.05) is 12.8 Å². The zero-order valence-corrected chi connectivity index (χ0v) is 62.3. The van der Waals surface area contributed by atoms with E-state index in [2.05, 4.69) is 67.8 Å². The number of amides is 1. The summed E-state index contributed by atoms with van der Waals surface area (Å²) < 4.78 is 5.50. The number of aliphatic hydroxyl groups is 2. The fraction of sp³-hybridized carbons (Fsp3) is 0.884. The SMILES string of the molecule is CCCCCC/C=C\C/C=C\CCCCCCCC(=O)OCCCCCCCCCCCCCCC/C=C\C/C=C\CCCCCCCCCCCCCCCCCCCC(=O)NC(CO)C(O)CCCCCCCCCCCCCCCCCCCCCCCC. The summed E-state index contributed by atoms with van der Waals surface area (Å²) >= 11 is 0. The first kappa shape index (κ1) is 89.8. The van der Waals surface area contributed by atoms with Gasteiger partial charge < -0.3 is 20.3 Å². The molecule has 2 unspecified atom stereocenters. The highest BCUT2D eigenvalue weighted by Crippen LogP contribution is 2.20. The number of unbranched alkanes of at least 4 members (excludes halogenated alkanes) is 60. The van der Waals surface area contributed by atoms with Crippen molar-refractivity contribution in [3.05, 3.63) is 48.6 Å². The Morgan fingerprint density at radius 3 is 0.837 bits per heavy atom. The lowest BCUT2D eigenvalue weighted by Gasteiger charge is -2.22. The second kappa shape index (κ2) is 81.2. The molecule has 0 aliphatic rings. The van der Waals surface area contributed by atoms with E-state index in [-0.39, 0.29) is 18.5 Å². The number of carbonyl (C=O) groups is 2. The molecule has 6 heteroatoms. The highest BCUT2D eigenvalue weighted by molar-refractivity contribution is 5.76. The van der Waals surface area contributed by atoms with Crippen molar-refractivity contribution in [2.45, 2.75) is 475 Å². The maximum atomic E-state index is 12.6. The average Bonchev–Trinajstić information content (AvgIpc) is 3.61. The van der Waals surface area contributed by atoms with Crippen LogP contribution in [0.5, 0.6) is 0 Å². The standard InChI is InChI=1S/C86H163NO5/c1-3-5-7-9-11-13-15-17-19-21-22-23-41-44-47-50-54-58-62-66-70-74-78-84(89)83(82-88)87-85(90)79-75-71-67-63-59-55-51-48-45-42-39-37-35-33-31-29-27-25-24-26-28-30-32-34-36-38-40-43-46-49-53-57-61-65-69-73-77-81-92-86(91)80-76-72-68-64-60-56-52-20-18-16-14-12-10-8-6-4-2/h14,16,20,24,26,30,32,52,83-84,88-89H,3-13,15,17-19,21-23,25,27-29,31,33-51,53-82H2,1-2H3,(H,87,90)/b16-14-,26-24-,32-30-,52-20-. The van der Waals surface area contributed by atoms with Crippen LogP contribution in [0.2, 0.25) is 0 Å². The number of esters is 1. The zero-order chi connectivity index (χ0) is 66.3. The first-order chi connectivity index (χ1) is 45.5. The third-order valence-corrected chi connectivity index (χ3v) is 19.6. The Kier molecular flexibility index (Phi) is 79.3. The van der Waals surface area contributed by atoms with Crippen LogP contribution in [0, 0.1) is 0 Å². The molecule has 92 heavy (non-hydrogen) atoms. The predicted molar refractivity (Wildman–Crippen MR) is 407 cm³/mol. The first-order valence-corrected chi connectivity index (χ1v) is 41.9. The molecule has 0 saturated carbocycles. The van der Waals surface area contributed by atoms with E-state index in [1.165, 1.54) is 372 Å². The van der Waals surface area contributed by atoms with Gasteiger partial charge in [-0.15, -0.1) is 0 Å². The van der Waals surface area contributed by atoms with E-state index < -0.39 is 12.1 Å². The van der Waals surface area contributed by atoms with Crippen molar-refractivity contribution >= 4 is 11.9 Å². The van der Waals surface area contributed by atoms with Gasteiger partial charge in [0.05, 0.1) is 25.4 Å². The predicted octanol–water partition coefficient (Wildman–Crippen LogP) is 27.9. The van der Waals surface area contributed by atoms with Gasteiger partial charge in [0.1, 0.15) is 0 Å². The molecule has 0 spiro atoms. The molecule has 0 aromatic carbocycles. The number of hydrogen-bond acceptors (Lipinski definition) is 5. The second-order valence-corrected chi connectivity index (χ2v) is 28.8. The van der Waals surface area contributed by atoms with Crippen LogP contribution in [0.1, 0.15) is 463 Å². The summed E-state index contributed by atoms with van der Waals surface area (Å²) in [5.74, 6) is -0.0213. The van der Waals surface area contributed by atoms with E-state index in [4.69, 9.17) is 4.74 Å². The summed E-state index contributed by atoms with van der Waals surface area (Å²) in [7, 11) is 0. The molecule has 0 radical (unpaired) electrons. The van der Waals surface area contributed by atoms with Crippen molar-refractivity contribution in [1.29, 1.82) is 0 Å². The summed E-state index contributed by atoms with van der Waals surface area (Å²) in [4.78, 5) is 24.7. The highest BCUT2D eigenvalue weighted by atomic mass is 16.5. The topological polar surface area (TPSA) is 95.9 Å². The fourth-order valence-electron chi connectivity index (χ4n) is 13.2. The third-order valence-electron chi connectivity index (χ3n) is 19.6. The molecule has 3 N–H and O–H groups in total. The van der Waals surface area contributed by atoms with Crippen molar-refractivity contribution < 1.29 is 24.5 Å². The summed E-state index contributed by atoms with van der Waals surface area (Å²) in [6.45, 7) is 4.98. The van der Waals surface area contributed by atoms with Gasteiger partial charge in [-0.2, -0.15) is 0 Å². The Bertz CT molecular complexity index is 1540. The maximum Gasteiger partial charge on any atom is 0.305 e. The van der Waals surface area contributed by atoms with Crippen molar-refractivity contribution in [1.82, 2.24) is 5.32 Å². The van der Waals surface area contributed by atoms with Crippen LogP contribution in [0.15, 0.2) is 48.6 Å². The maximum absolute atomic E-state index is 12.6. The molecule has 6 nitrogen and oxygen atoms in total. The molecule has 0 aliphatic carbocycles. The van der Waals surface area contributed by atoms with Crippen molar-refractivity contribution in [2.75, 3.05) is 13.2 Å². The van der Waals surface area contributed by atoms with Crippen LogP contribution in [-0.2, 0) is 14.3 Å². The molecule has 0 fully saturated rings. The number of hydrogen-bond donors (Lipinski definition) is 3. The molecule has 0 saturated heterocycles. The molecule has 0 heterocycles. The largest absolute Gasteiger partial charge is 0.466 e. The Labute approximate surface area is 576 Å². The molecule has 2 atom stereocenters. The molecule has 0 aromatic rings. The van der Waals surface area contributed by atoms with Gasteiger partial charge in [-0.25, -0.2) is 0 Å². The summed E-state index contributed by atoms with van der Waals surface area (Å²) in [5, 5.41) is 23.5. The number of carbonyl (C=O) groups excluding carboxylic acids is 2. The van der Waals surface area contributed by atoms with Crippen molar-refractivity contribution in [2.24, 2.45) is 0 Å². The second-order valence-electron chi connectivity index (χ2n) is 28.8. The lowest BCUT2D eigenvalue weighted by Crippen LogP contribution is -2.45. The molecule has 0 aromatic heterocycles. The van der Waals surface area contributed by atoms with Crippen LogP contribution < -0.4 is 5.32 Å². The molecule has 542 valence electrons. The van der Waals surface area contributed by atoms with Crippen LogP contribution in [0.4, 0.5) is 0 Å². The number of allylic oxidation sites excluding steroid dienone is 8. The number of ether oxygens (including phenoxy) is 1. The van der Waals surface area contributed by atoms with Gasteiger partial charge >= 0.3 is 5.97 Å². The smallest absolute Gasteiger partial charge is 0.305 e. The van der Waals surface area contributed by atoms with E-state index in [0.717, 1.165) is 57.8 Å². The molecule has 1 amide bonds. The van der Waals surface area contributed by atoms with E-state index in [1.807, 2.05) is 0 Å². The minimum atomic E-state index is -0.664. The van der Waals surface area contributed by atoms with E-state index in [1.54, 1.807) is 0 Å². The van der Waals surface area contributed by atoms with E-state index in [9.17, 15) is 19.8 Å². The van der Waals surface area contributed by atoms with Gasteiger partial charge in [0.2, 0.25) is 5.91 Å². The number of rotatable bonds is 79. The minimum absolute atomic E-state index is 0.00581.